The van der Waals surface area contributed by atoms with Gasteiger partial charge in [0.1, 0.15) is 0 Å². The number of dihydropyridines is 1. The first-order valence-corrected chi connectivity index (χ1v) is 16.6. The molecule has 3 unspecified atom stereocenters. The summed E-state index contributed by atoms with van der Waals surface area (Å²) in [5.74, 6) is -0.500. The molecule has 0 spiro atoms. The van der Waals surface area contributed by atoms with Crippen LogP contribution in [0.4, 0.5) is 5.69 Å². The number of methoxy groups -OCH3 is 2. The molecule has 3 aliphatic heterocycles. The minimum Gasteiger partial charge on any atom is -0.493 e. The summed E-state index contributed by atoms with van der Waals surface area (Å²) < 4.78 is 22.6. The fraction of sp³-hybridized carbons (Fsp3) is 0.500. The number of piperidine rings is 1. The smallest absolute Gasteiger partial charge is 0.337 e. The first kappa shape index (κ1) is 34.9. The van der Waals surface area contributed by atoms with Crippen molar-refractivity contribution in [2.45, 2.75) is 77.5 Å². The number of carbonyl (C=O) groups excluding carboxylic acids is 2. The fourth-order valence-corrected chi connectivity index (χ4v) is 7.21. The number of carbonyl (C=O) groups is 2. The molecule has 1 fully saturated rings. The molecular weight excluding hydrogens is 616 g/mol. The van der Waals surface area contributed by atoms with Gasteiger partial charge in [-0.25, -0.2) is 9.59 Å². The van der Waals surface area contributed by atoms with E-state index in [9.17, 15) is 19.7 Å². The van der Waals surface area contributed by atoms with E-state index < -0.39 is 28.9 Å². The summed E-state index contributed by atoms with van der Waals surface area (Å²) in [6.07, 6.45) is 3.12. The van der Waals surface area contributed by atoms with Crippen molar-refractivity contribution in [3.8, 4) is 11.5 Å². The number of esters is 2. The maximum Gasteiger partial charge on any atom is 0.337 e. The Bertz CT molecular complexity index is 1620. The van der Waals surface area contributed by atoms with Crippen molar-refractivity contribution in [3.05, 3.63) is 85.7 Å². The molecule has 0 saturated carbocycles. The van der Waals surface area contributed by atoms with Crippen molar-refractivity contribution in [1.29, 1.82) is 0 Å². The van der Waals surface area contributed by atoms with Crippen LogP contribution in [-0.4, -0.2) is 74.4 Å². The normalized spacial score (nSPS) is 20.9. The number of nitro benzene ring substituents is 1. The molecule has 2 N–H and O–H groups in total. The number of fused-ring (bicyclic) bond motifs is 3. The molecule has 258 valence electrons. The topological polar surface area (TPSA) is 142 Å². The lowest BCUT2D eigenvalue weighted by atomic mass is 9.80. The second-order valence-corrected chi connectivity index (χ2v) is 12.8. The van der Waals surface area contributed by atoms with Gasteiger partial charge in [0.15, 0.2) is 11.5 Å². The van der Waals surface area contributed by atoms with E-state index in [0.29, 0.717) is 42.0 Å². The highest BCUT2D eigenvalue weighted by atomic mass is 16.6. The predicted octanol–water partition coefficient (Wildman–Crippen LogP) is 5.08. The zero-order chi connectivity index (χ0) is 34.5. The zero-order valence-electron chi connectivity index (χ0n) is 28.6. The lowest BCUT2D eigenvalue weighted by Crippen LogP contribution is -2.47. The van der Waals surface area contributed by atoms with Gasteiger partial charge in [0, 0.05) is 54.3 Å². The van der Waals surface area contributed by atoms with Crippen molar-refractivity contribution in [2.24, 2.45) is 0 Å². The van der Waals surface area contributed by atoms with Gasteiger partial charge in [-0.2, -0.15) is 0 Å². The summed E-state index contributed by atoms with van der Waals surface area (Å²) in [6.45, 7) is 9.75. The number of non-ortho nitro benzene ring substituents is 1. The van der Waals surface area contributed by atoms with Gasteiger partial charge < -0.3 is 29.6 Å². The van der Waals surface area contributed by atoms with Crippen LogP contribution in [0.5, 0.6) is 11.5 Å². The third kappa shape index (κ3) is 7.34. The summed E-state index contributed by atoms with van der Waals surface area (Å²) in [5, 5.41) is 18.4. The highest BCUT2D eigenvalue weighted by molar-refractivity contribution is 6.00. The molecule has 12 nitrogen and oxygen atoms in total. The summed E-state index contributed by atoms with van der Waals surface area (Å²) in [5.41, 5.74) is 4.28. The van der Waals surface area contributed by atoms with Crippen LogP contribution in [0.1, 0.15) is 75.6 Å². The Labute approximate surface area is 281 Å². The Hall–Kier alpha value is -4.42. The van der Waals surface area contributed by atoms with E-state index in [-0.39, 0.29) is 23.4 Å². The van der Waals surface area contributed by atoms with Gasteiger partial charge in [0.25, 0.3) is 5.69 Å². The molecule has 0 bridgehead atoms. The molecular formula is C36H46N4O8. The van der Waals surface area contributed by atoms with Crippen LogP contribution in [0.3, 0.4) is 0 Å². The number of benzene rings is 2. The number of hydrogen-bond acceptors (Lipinski definition) is 11. The molecule has 3 atom stereocenters. The Kier molecular flexibility index (Phi) is 11.1. The lowest BCUT2D eigenvalue weighted by molar-refractivity contribution is -0.384. The standard InChI is InChI=1S/C36H46N4O8/c1-21(2)48-36(42)32-23(4)38-22(3)31(33(32)24-9-7-10-26(19-24)40(43)44)35(41)47-18-8-15-37-25-13-16-39-17-14-28-27(29(39)20-25)11-12-30(45-5)34(28)46-6/h7,9-12,19,21,25,29,33,37-38H,8,13-18,20H2,1-6H3. The average molecular weight is 663 g/mol. The average Bonchev–Trinajstić information content (AvgIpc) is 3.06. The zero-order valence-corrected chi connectivity index (χ0v) is 28.6. The SMILES string of the molecule is COc1ccc2c(c1OC)CCN1CCC(NCCCOC(=O)C3=C(C)NC(C)=C(C(=O)OC(C)C)C3c3cccc([N+](=O)[O-])c3)CC21. The van der Waals surface area contributed by atoms with E-state index in [2.05, 4.69) is 21.6 Å². The molecule has 1 saturated heterocycles. The summed E-state index contributed by atoms with van der Waals surface area (Å²) in [6, 6.07) is 10.7. The highest BCUT2D eigenvalue weighted by Crippen LogP contribution is 2.44. The highest BCUT2D eigenvalue weighted by Gasteiger charge is 2.39. The van der Waals surface area contributed by atoms with Gasteiger partial charge in [-0.3, -0.25) is 15.0 Å². The molecule has 3 heterocycles. The molecule has 48 heavy (non-hydrogen) atoms. The van der Waals surface area contributed by atoms with Crippen molar-refractivity contribution in [3.63, 3.8) is 0 Å². The predicted molar refractivity (Wildman–Crippen MR) is 180 cm³/mol. The Morgan fingerprint density at radius 1 is 1.06 bits per heavy atom. The van der Waals surface area contributed by atoms with E-state index in [1.54, 1.807) is 54.0 Å². The Morgan fingerprint density at radius 3 is 2.50 bits per heavy atom. The third-order valence-corrected chi connectivity index (χ3v) is 9.35. The minimum absolute atomic E-state index is 0.141. The van der Waals surface area contributed by atoms with Gasteiger partial charge in [-0.15, -0.1) is 0 Å². The molecule has 2 aromatic rings. The van der Waals surface area contributed by atoms with Crippen LogP contribution >= 0.6 is 0 Å². The first-order valence-electron chi connectivity index (χ1n) is 16.6. The fourth-order valence-electron chi connectivity index (χ4n) is 7.21. The van der Waals surface area contributed by atoms with Crippen LogP contribution in [-0.2, 0) is 25.5 Å². The number of nitrogens with zero attached hydrogens (tertiary/aromatic N) is 2. The first-order chi connectivity index (χ1) is 23.0. The summed E-state index contributed by atoms with van der Waals surface area (Å²) in [4.78, 5) is 40.6. The van der Waals surface area contributed by atoms with Gasteiger partial charge in [0.05, 0.1) is 48.9 Å². The van der Waals surface area contributed by atoms with E-state index in [4.69, 9.17) is 18.9 Å². The van der Waals surface area contributed by atoms with Crippen molar-refractivity contribution in [2.75, 3.05) is 40.5 Å². The van der Waals surface area contributed by atoms with Crippen molar-refractivity contribution in [1.82, 2.24) is 15.5 Å². The van der Waals surface area contributed by atoms with E-state index in [1.807, 2.05) is 6.07 Å². The van der Waals surface area contributed by atoms with Gasteiger partial charge in [-0.05, 0) is 77.1 Å². The number of rotatable bonds is 12. The molecule has 0 radical (unpaired) electrons. The maximum atomic E-state index is 13.7. The lowest BCUT2D eigenvalue weighted by Gasteiger charge is -2.44. The molecule has 2 aromatic carbocycles. The number of nitro groups is 1. The number of ether oxygens (including phenoxy) is 4. The van der Waals surface area contributed by atoms with Gasteiger partial charge in [0.2, 0.25) is 0 Å². The monoisotopic (exact) mass is 662 g/mol. The number of allylic oxidation sites excluding steroid dienone is 2. The van der Waals surface area contributed by atoms with E-state index in [1.165, 1.54) is 23.3 Å². The van der Waals surface area contributed by atoms with Crippen LogP contribution < -0.4 is 20.1 Å². The van der Waals surface area contributed by atoms with Crippen molar-refractivity contribution >= 4 is 17.6 Å². The summed E-state index contributed by atoms with van der Waals surface area (Å²) >= 11 is 0. The van der Waals surface area contributed by atoms with Crippen LogP contribution in [0.15, 0.2) is 58.9 Å². The van der Waals surface area contributed by atoms with Gasteiger partial charge >= 0.3 is 11.9 Å². The molecule has 0 aromatic heterocycles. The molecule has 3 aliphatic rings. The van der Waals surface area contributed by atoms with Crippen LogP contribution in [0.25, 0.3) is 0 Å². The second kappa shape index (κ2) is 15.2. The van der Waals surface area contributed by atoms with Crippen molar-refractivity contribution < 1.29 is 33.5 Å². The molecule has 0 aliphatic carbocycles. The maximum absolute atomic E-state index is 13.7. The Balaban J connectivity index is 1.23. The summed E-state index contributed by atoms with van der Waals surface area (Å²) in [7, 11) is 3.35. The van der Waals surface area contributed by atoms with Crippen LogP contribution in [0.2, 0.25) is 0 Å². The number of nitrogens with one attached hydrogen (secondary N) is 2. The Morgan fingerprint density at radius 2 is 1.81 bits per heavy atom. The largest absolute Gasteiger partial charge is 0.493 e. The minimum atomic E-state index is -0.898. The molecule has 0 amide bonds. The van der Waals surface area contributed by atoms with Gasteiger partial charge in [-0.1, -0.05) is 18.2 Å². The quantitative estimate of drug-likeness (QED) is 0.136. The third-order valence-electron chi connectivity index (χ3n) is 9.35. The molecule has 5 rings (SSSR count). The van der Waals surface area contributed by atoms with E-state index in [0.717, 1.165) is 43.9 Å². The van der Waals surface area contributed by atoms with Crippen LogP contribution in [0, 0.1) is 10.1 Å². The molecule has 12 heteroatoms. The number of hydrogen-bond donors (Lipinski definition) is 2. The van der Waals surface area contributed by atoms with E-state index >= 15 is 0 Å². The second-order valence-electron chi connectivity index (χ2n) is 12.8.